The van der Waals surface area contributed by atoms with E-state index >= 15 is 0 Å². The van der Waals surface area contributed by atoms with Gasteiger partial charge in [-0.15, -0.1) is 0 Å². The van der Waals surface area contributed by atoms with Gasteiger partial charge in [-0.25, -0.2) is 0 Å². The first-order valence-electron chi connectivity index (χ1n) is 11.0. The van der Waals surface area contributed by atoms with E-state index in [1.807, 2.05) is 16.7 Å². The summed E-state index contributed by atoms with van der Waals surface area (Å²) in [6, 6.07) is 9.81. The third kappa shape index (κ3) is 4.17. The molecule has 0 radical (unpaired) electrons. The van der Waals surface area contributed by atoms with Gasteiger partial charge in [-0.3, -0.25) is 14.3 Å². The third-order valence-corrected chi connectivity index (χ3v) is 7.75. The summed E-state index contributed by atoms with van der Waals surface area (Å²) in [5.74, 6) is 1.48. The second-order valence-corrected chi connectivity index (χ2v) is 9.96. The van der Waals surface area contributed by atoms with Crippen LogP contribution < -0.4 is 4.87 Å². The highest BCUT2D eigenvalue weighted by molar-refractivity contribution is 7.16. The Morgan fingerprint density at radius 3 is 2.59 bits per heavy atom. The van der Waals surface area contributed by atoms with E-state index in [0.717, 1.165) is 41.3 Å². The van der Waals surface area contributed by atoms with Gasteiger partial charge >= 0.3 is 4.87 Å². The van der Waals surface area contributed by atoms with Crippen molar-refractivity contribution in [3.8, 4) is 0 Å². The van der Waals surface area contributed by atoms with E-state index in [1.54, 1.807) is 0 Å². The molecule has 0 aliphatic carbocycles. The van der Waals surface area contributed by atoms with Crippen LogP contribution >= 0.6 is 11.3 Å². The number of nitrogens with zero attached hydrogens (tertiary/aromatic N) is 2. The van der Waals surface area contributed by atoms with Crippen LogP contribution in [0.15, 0.2) is 29.1 Å². The van der Waals surface area contributed by atoms with Crippen molar-refractivity contribution < 1.29 is 0 Å². The Hall–Kier alpha value is -1.13. The molecule has 3 nitrogen and oxygen atoms in total. The number of aromatic nitrogens is 1. The van der Waals surface area contributed by atoms with E-state index < -0.39 is 0 Å². The van der Waals surface area contributed by atoms with Crippen molar-refractivity contribution in [2.24, 2.45) is 11.8 Å². The molecule has 2 aliphatic rings. The lowest BCUT2D eigenvalue weighted by Crippen LogP contribution is -2.45. The zero-order valence-corrected chi connectivity index (χ0v) is 17.7. The Morgan fingerprint density at radius 1 is 1.11 bits per heavy atom. The number of piperidine rings is 1. The largest absolute Gasteiger partial charge is 0.308 e. The number of benzene rings is 1. The first kappa shape index (κ1) is 19.2. The van der Waals surface area contributed by atoms with Gasteiger partial charge in [0, 0.05) is 25.2 Å². The second kappa shape index (κ2) is 8.48. The molecule has 2 aliphatic heterocycles. The van der Waals surface area contributed by atoms with Crippen molar-refractivity contribution in [2.45, 2.75) is 83.8 Å². The molecule has 1 aromatic heterocycles. The highest BCUT2D eigenvalue weighted by Crippen LogP contribution is 2.40. The third-order valence-electron chi connectivity index (χ3n) is 6.79. The van der Waals surface area contributed by atoms with Crippen molar-refractivity contribution >= 4 is 21.6 Å². The smallest absolute Gasteiger partial charge is 0.298 e. The number of hydrogen-bond acceptors (Lipinski definition) is 3. The van der Waals surface area contributed by atoms with Crippen molar-refractivity contribution in [3.05, 3.63) is 33.9 Å². The molecule has 2 fully saturated rings. The molecule has 1 aromatic carbocycles. The maximum absolute atomic E-state index is 12.4. The number of thiazole rings is 1. The van der Waals surface area contributed by atoms with E-state index in [0.29, 0.717) is 5.92 Å². The van der Waals surface area contributed by atoms with Crippen molar-refractivity contribution in [1.82, 2.24) is 9.47 Å². The highest BCUT2D eigenvalue weighted by Gasteiger charge is 2.40. The summed E-state index contributed by atoms with van der Waals surface area (Å²) in [7, 11) is 0. The summed E-state index contributed by atoms with van der Waals surface area (Å²) >= 11 is 1.38. The molecule has 0 N–H and O–H groups in total. The van der Waals surface area contributed by atoms with Crippen LogP contribution in [0, 0.1) is 11.8 Å². The maximum Gasteiger partial charge on any atom is 0.308 e. The fourth-order valence-electron chi connectivity index (χ4n) is 5.52. The van der Waals surface area contributed by atoms with E-state index in [2.05, 4.69) is 30.9 Å². The summed E-state index contributed by atoms with van der Waals surface area (Å²) in [5.41, 5.74) is 1.11. The number of rotatable bonds is 8. The van der Waals surface area contributed by atoms with Gasteiger partial charge in [-0.2, -0.15) is 0 Å². The van der Waals surface area contributed by atoms with Gasteiger partial charge in [0.05, 0.1) is 10.2 Å². The van der Waals surface area contributed by atoms with E-state index in [4.69, 9.17) is 0 Å². The van der Waals surface area contributed by atoms with Gasteiger partial charge in [-0.05, 0) is 49.7 Å². The first-order chi connectivity index (χ1) is 13.2. The average Bonchev–Trinajstić information content (AvgIpc) is 3.07. The lowest BCUT2D eigenvalue weighted by Gasteiger charge is -2.40. The summed E-state index contributed by atoms with van der Waals surface area (Å²) in [6.07, 6.45) is 11.2. The predicted octanol–water partition coefficient (Wildman–Crippen LogP) is 5.52. The molecule has 2 saturated heterocycles. The molecule has 3 atom stereocenters. The standard InChI is InChI=1S/C23H34N2OS/c1-3-4-5-8-18-13-19-11-12-20(14-18)24(19)15-17(2)16-25-21-9-6-7-10-22(21)27-23(25)26/h6-7,9-10,17-20H,3-5,8,11-16H2,1-2H3. The van der Waals surface area contributed by atoms with Gasteiger partial charge in [-0.1, -0.05) is 63.0 Å². The SMILES string of the molecule is CCCCCC1CC2CCC(C1)N2CC(C)Cn1c(=O)sc2ccccc21. The van der Waals surface area contributed by atoms with Gasteiger partial charge in [0.1, 0.15) is 0 Å². The molecule has 3 unspecified atom stereocenters. The Labute approximate surface area is 167 Å². The highest BCUT2D eigenvalue weighted by atomic mass is 32.1. The van der Waals surface area contributed by atoms with Crippen LogP contribution in [0.2, 0.25) is 0 Å². The number of fused-ring (bicyclic) bond motifs is 3. The molecular weight excluding hydrogens is 352 g/mol. The molecule has 2 bridgehead atoms. The minimum Gasteiger partial charge on any atom is -0.298 e. The van der Waals surface area contributed by atoms with Crippen LogP contribution in [-0.2, 0) is 6.54 Å². The molecule has 0 amide bonds. The molecule has 2 aromatic rings. The molecule has 27 heavy (non-hydrogen) atoms. The van der Waals surface area contributed by atoms with Crippen LogP contribution in [-0.4, -0.2) is 28.1 Å². The summed E-state index contributed by atoms with van der Waals surface area (Å²) in [5, 5.41) is 0. The van der Waals surface area contributed by atoms with Crippen molar-refractivity contribution in [1.29, 1.82) is 0 Å². The van der Waals surface area contributed by atoms with E-state index in [1.165, 1.54) is 62.7 Å². The van der Waals surface area contributed by atoms with Crippen molar-refractivity contribution in [2.75, 3.05) is 6.54 Å². The van der Waals surface area contributed by atoms with Crippen LogP contribution in [0.3, 0.4) is 0 Å². The minimum atomic E-state index is 0.195. The summed E-state index contributed by atoms with van der Waals surface area (Å²) in [6.45, 7) is 6.62. The van der Waals surface area contributed by atoms with Crippen LogP contribution in [0.5, 0.6) is 0 Å². The monoisotopic (exact) mass is 386 g/mol. The topological polar surface area (TPSA) is 25.2 Å². The molecule has 4 rings (SSSR count). The minimum absolute atomic E-state index is 0.195. The van der Waals surface area contributed by atoms with Gasteiger partial charge in [0.15, 0.2) is 0 Å². The lowest BCUT2D eigenvalue weighted by molar-refractivity contribution is 0.0819. The van der Waals surface area contributed by atoms with Crippen LogP contribution in [0.1, 0.15) is 65.2 Å². The number of para-hydroxylation sites is 1. The van der Waals surface area contributed by atoms with Crippen LogP contribution in [0.4, 0.5) is 0 Å². The molecule has 3 heterocycles. The Balaban J connectivity index is 1.37. The Kier molecular flexibility index (Phi) is 6.03. The molecule has 4 heteroatoms. The van der Waals surface area contributed by atoms with E-state index in [-0.39, 0.29) is 4.87 Å². The normalized spacial score (nSPS) is 26.7. The van der Waals surface area contributed by atoms with Gasteiger partial charge in [0.2, 0.25) is 0 Å². The summed E-state index contributed by atoms with van der Waals surface area (Å²) < 4.78 is 3.12. The lowest BCUT2D eigenvalue weighted by atomic mass is 9.86. The fourth-order valence-corrected chi connectivity index (χ4v) is 6.42. The predicted molar refractivity (Wildman–Crippen MR) is 116 cm³/mol. The van der Waals surface area contributed by atoms with E-state index in [9.17, 15) is 4.79 Å². The zero-order valence-electron chi connectivity index (χ0n) is 16.9. The molecule has 0 spiro atoms. The Bertz CT molecular complexity index is 796. The Morgan fingerprint density at radius 2 is 1.85 bits per heavy atom. The number of unbranched alkanes of at least 4 members (excludes halogenated alkanes) is 2. The van der Waals surface area contributed by atoms with Gasteiger partial charge in [0.25, 0.3) is 0 Å². The molecule has 148 valence electrons. The maximum atomic E-state index is 12.4. The average molecular weight is 387 g/mol. The van der Waals surface area contributed by atoms with Gasteiger partial charge < -0.3 is 0 Å². The van der Waals surface area contributed by atoms with Crippen molar-refractivity contribution in [3.63, 3.8) is 0 Å². The molecule has 0 saturated carbocycles. The quantitative estimate of drug-likeness (QED) is 0.558. The fraction of sp³-hybridized carbons (Fsp3) is 0.696. The summed E-state index contributed by atoms with van der Waals surface area (Å²) in [4.78, 5) is 15.4. The number of hydrogen-bond donors (Lipinski definition) is 0. The first-order valence-corrected chi connectivity index (χ1v) is 11.8. The zero-order chi connectivity index (χ0) is 18.8. The second-order valence-electron chi connectivity index (χ2n) is 8.97. The molecular formula is C23H34N2OS. The van der Waals surface area contributed by atoms with Crippen LogP contribution in [0.25, 0.3) is 10.2 Å².